The second kappa shape index (κ2) is 7.81. The van der Waals surface area contributed by atoms with Crippen LogP contribution < -0.4 is 10.1 Å². The topological polar surface area (TPSA) is 58.6 Å². The average Bonchev–Trinajstić information content (AvgIpc) is 2.96. The highest BCUT2D eigenvalue weighted by Crippen LogP contribution is 2.17. The van der Waals surface area contributed by atoms with E-state index < -0.39 is 5.97 Å². The summed E-state index contributed by atoms with van der Waals surface area (Å²) in [5, 5.41) is 16.7. The first kappa shape index (κ1) is 15.5. The average molecular weight is 305 g/mol. The Morgan fingerprint density at radius 3 is 2.90 bits per heavy atom. The highest BCUT2D eigenvalue weighted by atomic mass is 32.1. The number of ether oxygens (including phenoxy) is 1. The van der Waals surface area contributed by atoms with Crippen molar-refractivity contribution in [2.24, 2.45) is 0 Å². The van der Waals surface area contributed by atoms with Gasteiger partial charge in [-0.2, -0.15) is 11.3 Å². The zero-order chi connectivity index (χ0) is 15.1. The van der Waals surface area contributed by atoms with E-state index in [0.717, 1.165) is 6.42 Å². The second-order valence-electron chi connectivity index (χ2n) is 4.84. The van der Waals surface area contributed by atoms with Gasteiger partial charge in [-0.05, 0) is 47.9 Å². The van der Waals surface area contributed by atoms with Gasteiger partial charge in [0.05, 0.1) is 0 Å². The van der Waals surface area contributed by atoms with E-state index in [9.17, 15) is 4.79 Å². The van der Waals surface area contributed by atoms with Gasteiger partial charge in [0.2, 0.25) is 0 Å². The van der Waals surface area contributed by atoms with Gasteiger partial charge in [-0.3, -0.25) is 0 Å². The Bertz CT molecular complexity index is 569. The smallest absolute Gasteiger partial charge is 0.339 e. The Hall–Kier alpha value is -1.85. The molecular weight excluding hydrogens is 286 g/mol. The van der Waals surface area contributed by atoms with Crippen LogP contribution in [0.2, 0.25) is 0 Å². The van der Waals surface area contributed by atoms with Gasteiger partial charge in [0, 0.05) is 12.6 Å². The van der Waals surface area contributed by atoms with Crippen molar-refractivity contribution in [2.75, 3.05) is 13.2 Å². The van der Waals surface area contributed by atoms with E-state index in [4.69, 9.17) is 9.84 Å². The van der Waals surface area contributed by atoms with Gasteiger partial charge in [-0.25, -0.2) is 4.79 Å². The first-order valence-corrected chi connectivity index (χ1v) is 7.80. The Kier molecular flexibility index (Phi) is 5.78. The van der Waals surface area contributed by atoms with Crippen LogP contribution in [0.3, 0.4) is 0 Å². The van der Waals surface area contributed by atoms with Crippen molar-refractivity contribution < 1.29 is 14.6 Å². The number of carboxylic acid groups (broad SMARTS) is 1. The van der Waals surface area contributed by atoms with Crippen LogP contribution in [-0.2, 0) is 6.42 Å². The lowest BCUT2D eigenvalue weighted by Gasteiger charge is -2.14. The predicted octanol–water partition coefficient (Wildman–Crippen LogP) is 3.05. The van der Waals surface area contributed by atoms with Gasteiger partial charge < -0.3 is 15.2 Å². The van der Waals surface area contributed by atoms with E-state index in [2.05, 4.69) is 29.1 Å². The maximum atomic E-state index is 11.0. The third-order valence-corrected chi connectivity index (χ3v) is 3.82. The number of benzene rings is 1. The summed E-state index contributed by atoms with van der Waals surface area (Å²) in [7, 11) is 0. The molecule has 2 aromatic rings. The molecule has 1 unspecified atom stereocenters. The van der Waals surface area contributed by atoms with Crippen LogP contribution in [0.25, 0.3) is 0 Å². The first-order valence-electron chi connectivity index (χ1n) is 6.86. The molecule has 0 aliphatic rings. The lowest BCUT2D eigenvalue weighted by molar-refractivity contribution is 0.0692. The van der Waals surface area contributed by atoms with Gasteiger partial charge in [0.1, 0.15) is 17.9 Å². The molecule has 1 aromatic heterocycles. The standard InChI is InChI=1S/C16H19NO3S/c1-12(10-13-6-9-21-11-13)17-7-8-20-15-5-3-2-4-14(15)16(18)19/h2-6,9,11-12,17H,7-8,10H2,1H3,(H,18,19). The molecule has 0 spiro atoms. The molecule has 0 radical (unpaired) electrons. The first-order chi connectivity index (χ1) is 10.2. The van der Waals surface area contributed by atoms with Gasteiger partial charge in [-0.1, -0.05) is 12.1 Å². The lowest BCUT2D eigenvalue weighted by Crippen LogP contribution is -2.31. The minimum Gasteiger partial charge on any atom is -0.491 e. The molecule has 112 valence electrons. The maximum absolute atomic E-state index is 11.0. The fourth-order valence-corrected chi connectivity index (χ4v) is 2.75. The summed E-state index contributed by atoms with van der Waals surface area (Å²) in [5.74, 6) is -0.554. The van der Waals surface area contributed by atoms with Crippen LogP contribution in [0, 0.1) is 0 Å². The molecule has 4 nitrogen and oxygen atoms in total. The molecular formula is C16H19NO3S. The van der Waals surface area contributed by atoms with E-state index in [-0.39, 0.29) is 5.56 Å². The summed E-state index contributed by atoms with van der Waals surface area (Å²) in [6, 6.07) is 9.18. The molecule has 2 rings (SSSR count). The Balaban J connectivity index is 1.73. The van der Waals surface area contributed by atoms with E-state index in [1.165, 1.54) is 5.56 Å². The SMILES string of the molecule is CC(Cc1ccsc1)NCCOc1ccccc1C(=O)O. The van der Waals surface area contributed by atoms with Crippen molar-refractivity contribution >= 4 is 17.3 Å². The van der Waals surface area contributed by atoms with E-state index in [1.807, 2.05) is 0 Å². The molecule has 1 aromatic carbocycles. The number of carboxylic acids is 1. The minimum atomic E-state index is -0.968. The van der Waals surface area contributed by atoms with Crippen molar-refractivity contribution in [3.05, 3.63) is 52.2 Å². The molecule has 0 amide bonds. The third kappa shape index (κ3) is 4.88. The number of aromatic carboxylic acids is 1. The normalized spacial score (nSPS) is 12.0. The van der Waals surface area contributed by atoms with Crippen molar-refractivity contribution in [2.45, 2.75) is 19.4 Å². The summed E-state index contributed by atoms with van der Waals surface area (Å²) in [6.45, 7) is 3.25. The Labute approximate surface area is 128 Å². The molecule has 0 aliphatic heterocycles. The van der Waals surface area contributed by atoms with E-state index >= 15 is 0 Å². The van der Waals surface area contributed by atoms with Crippen molar-refractivity contribution in [3.8, 4) is 5.75 Å². The van der Waals surface area contributed by atoms with Crippen LogP contribution in [-0.4, -0.2) is 30.3 Å². The molecule has 1 heterocycles. The molecule has 0 fully saturated rings. The summed E-state index contributed by atoms with van der Waals surface area (Å²) >= 11 is 1.70. The lowest BCUT2D eigenvalue weighted by atomic mass is 10.1. The van der Waals surface area contributed by atoms with Crippen molar-refractivity contribution in [3.63, 3.8) is 0 Å². The highest BCUT2D eigenvalue weighted by molar-refractivity contribution is 7.07. The van der Waals surface area contributed by atoms with Crippen LogP contribution in [0.1, 0.15) is 22.8 Å². The Morgan fingerprint density at radius 2 is 2.19 bits per heavy atom. The zero-order valence-corrected chi connectivity index (χ0v) is 12.7. The van der Waals surface area contributed by atoms with Crippen molar-refractivity contribution in [1.29, 1.82) is 0 Å². The maximum Gasteiger partial charge on any atom is 0.339 e. The molecule has 0 saturated carbocycles. The molecule has 0 saturated heterocycles. The van der Waals surface area contributed by atoms with Crippen molar-refractivity contribution in [1.82, 2.24) is 5.32 Å². The summed E-state index contributed by atoms with van der Waals surface area (Å²) < 4.78 is 5.54. The van der Waals surface area contributed by atoms with Crippen LogP contribution >= 0.6 is 11.3 Å². The summed E-state index contributed by atoms with van der Waals surface area (Å²) in [5.41, 5.74) is 1.53. The van der Waals surface area contributed by atoms with Gasteiger partial charge >= 0.3 is 5.97 Å². The molecule has 0 aliphatic carbocycles. The minimum absolute atomic E-state index is 0.198. The summed E-state index contributed by atoms with van der Waals surface area (Å²) in [4.78, 5) is 11.0. The van der Waals surface area contributed by atoms with Crippen LogP contribution in [0.5, 0.6) is 5.75 Å². The molecule has 1 atom stereocenters. The Morgan fingerprint density at radius 1 is 1.38 bits per heavy atom. The molecule has 21 heavy (non-hydrogen) atoms. The van der Waals surface area contributed by atoms with Gasteiger partial charge in [-0.15, -0.1) is 0 Å². The molecule has 5 heteroatoms. The molecule has 0 bridgehead atoms. The van der Waals surface area contributed by atoms with E-state index in [1.54, 1.807) is 35.6 Å². The highest BCUT2D eigenvalue weighted by Gasteiger charge is 2.10. The fraction of sp³-hybridized carbons (Fsp3) is 0.312. The predicted molar refractivity (Wildman–Crippen MR) is 84.4 cm³/mol. The molecule has 2 N–H and O–H groups in total. The fourth-order valence-electron chi connectivity index (χ4n) is 2.07. The number of hydrogen-bond acceptors (Lipinski definition) is 4. The largest absolute Gasteiger partial charge is 0.491 e. The third-order valence-electron chi connectivity index (χ3n) is 3.09. The number of nitrogens with one attached hydrogen (secondary N) is 1. The number of hydrogen-bond donors (Lipinski definition) is 2. The monoisotopic (exact) mass is 305 g/mol. The quantitative estimate of drug-likeness (QED) is 0.736. The number of rotatable bonds is 8. The van der Waals surface area contributed by atoms with Gasteiger partial charge in [0.25, 0.3) is 0 Å². The second-order valence-corrected chi connectivity index (χ2v) is 5.62. The number of para-hydroxylation sites is 1. The van der Waals surface area contributed by atoms with Crippen LogP contribution in [0.15, 0.2) is 41.1 Å². The summed E-state index contributed by atoms with van der Waals surface area (Å²) in [6.07, 6.45) is 0.981. The van der Waals surface area contributed by atoms with Gasteiger partial charge in [0.15, 0.2) is 0 Å². The van der Waals surface area contributed by atoms with E-state index in [0.29, 0.717) is 24.9 Å². The van der Waals surface area contributed by atoms with Crippen LogP contribution in [0.4, 0.5) is 0 Å². The number of thiophene rings is 1. The number of carbonyl (C=O) groups is 1. The zero-order valence-electron chi connectivity index (χ0n) is 11.9.